The number of nitrogens with zero attached hydrogens (tertiary/aromatic N) is 2. The fourth-order valence-electron chi connectivity index (χ4n) is 5.23. The maximum atomic E-state index is 6.53. The summed E-state index contributed by atoms with van der Waals surface area (Å²) in [4.78, 5) is 0. The summed E-state index contributed by atoms with van der Waals surface area (Å²) in [6.45, 7) is 4.23. The van der Waals surface area contributed by atoms with Gasteiger partial charge >= 0.3 is 0 Å². The highest BCUT2D eigenvalue weighted by Gasteiger charge is 2.46. The third-order valence-electron chi connectivity index (χ3n) is 7.04. The average molecular weight is 471 g/mol. The topological polar surface area (TPSA) is 24.5 Å². The van der Waals surface area contributed by atoms with E-state index in [0.29, 0.717) is 0 Å². The van der Waals surface area contributed by atoms with Crippen LogP contribution in [0.15, 0.2) is 121 Å². The largest absolute Gasteiger partial charge is 0.468 e. The van der Waals surface area contributed by atoms with Crippen LogP contribution in [0.3, 0.4) is 0 Å². The lowest BCUT2D eigenvalue weighted by atomic mass is 9.97. The van der Waals surface area contributed by atoms with Crippen LogP contribution in [0.2, 0.25) is 0 Å². The van der Waals surface area contributed by atoms with Gasteiger partial charge in [-0.1, -0.05) is 59.7 Å². The van der Waals surface area contributed by atoms with Crippen LogP contribution in [0.4, 0.5) is 17.1 Å². The van der Waals surface area contributed by atoms with Crippen LogP contribution in [0.1, 0.15) is 11.1 Å². The highest BCUT2D eigenvalue weighted by atomic mass is 16.5. The molecule has 2 aliphatic heterocycles. The van der Waals surface area contributed by atoms with Crippen LogP contribution in [0.25, 0.3) is 0 Å². The summed E-state index contributed by atoms with van der Waals surface area (Å²) in [7, 11) is 0. The van der Waals surface area contributed by atoms with Crippen LogP contribution in [0, 0.1) is 13.8 Å². The fraction of sp³-hybridized carbons (Fsp3) is 0.125. The van der Waals surface area contributed by atoms with Crippen molar-refractivity contribution in [3.05, 3.63) is 132 Å². The van der Waals surface area contributed by atoms with E-state index in [1.54, 1.807) is 0 Å². The van der Waals surface area contributed by atoms with Crippen molar-refractivity contribution in [1.29, 1.82) is 0 Å². The molecular weight excluding hydrogens is 444 g/mol. The highest BCUT2D eigenvalue weighted by molar-refractivity contribution is 6.08. The molecule has 36 heavy (non-hydrogen) atoms. The molecule has 2 aliphatic carbocycles. The van der Waals surface area contributed by atoms with Crippen molar-refractivity contribution in [2.24, 2.45) is 0 Å². The second-order valence-corrected chi connectivity index (χ2v) is 9.54. The highest BCUT2D eigenvalue weighted by Crippen LogP contribution is 2.40. The normalized spacial score (nSPS) is 21.4. The van der Waals surface area contributed by atoms with Gasteiger partial charge in [0.1, 0.15) is 0 Å². The molecule has 0 N–H and O–H groups in total. The van der Waals surface area contributed by atoms with Crippen molar-refractivity contribution in [2.45, 2.75) is 26.1 Å². The Morgan fingerprint density at radius 1 is 0.667 bits per heavy atom. The predicted molar refractivity (Wildman–Crippen MR) is 144 cm³/mol. The maximum absolute atomic E-state index is 6.53. The number of allylic oxidation sites excluding steroid dienone is 2. The van der Waals surface area contributed by atoms with E-state index in [1.165, 1.54) is 11.1 Å². The molecule has 0 amide bonds. The van der Waals surface area contributed by atoms with Gasteiger partial charge in [0, 0.05) is 42.5 Å². The lowest BCUT2D eigenvalue weighted by molar-refractivity contribution is -0.394. The molecular formula is C32H26N2O2+2. The molecule has 4 nitrogen and oxygen atoms in total. The molecule has 3 aromatic carbocycles. The maximum Gasteiger partial charge on any atom is 0.260 e. The molecule has 3 aromatic rings. The van der Waals surface area contributed by atoms with Gasteiger partial charge in [-0.25, -0.2) is 0 Å². The molecule has 4 heteroatoms. The number of para-hydroxylation sites is 2. The molecule has 0 radical (unpaired) electrons. The van der Waals surface area contributed by atoms with Gasteiger partial charge in [0.2, 0.25) is 35.0 Å². The first-order chi connectivity index (χ1) is 17.7. The van der Waals surface area contributed by atoms with Gasteiger partial charge < -0.3 is 9.47 Å². The molecule has 2 heterocycles. The zero-order valence-electron chi connectivity index (χ0n) is 20.3. The Bertz CT molecular complexity index is 1580. The molecule has 4 aliphatic rings. The van der Waals surface area contributed by atoms with Crippen molar-refractivity contribution >= 4 is 28.5 Å². The van der Waals surface area contributed by atoms with Gasteiger partial charge in [0.25, 0.3) is 11.4 Å². The van der Waals surface area contributed by atoms with Crippen LogP contribution in [-0.4, -0.2) is 28.2 Å². The second kappa shape index (κ2) is 8.06. The minimum atomic E-state index is -0.260. The lowest BCUT2D eigenvalue weighted by Gasteiger charge is -2.30. The van der Waals surface area contributed by atoms with Gasteiger partial charge in [-0.3, -0.25) is 0 Å². The zero-order chi connectivity index (χ0) is 24.2. The SMILES string of the molecule is Cc1ccc([N+]2=C3C=CC=CC3OC3=CC4Oc5ccccc5[N+](c5ccc(C)cc5)=C4C=C32)cc1. The fourth-order valence-corrected chi connectivity index (χ4v) is 5.23. The third kappa shape index (κ3) is 3.29. The van der Waals surface area contributed by atoms with Crippen LogP contribution >= 0.6 is 0 Å². The van der Waals surface area contributed by atoms with Gasteiger partial charge in [0.05, 0.1) is 6.08 Å². The Labute approximate surface area is 210 Å². The standard InChI is InChI=1S/C32H26N2O2/c1-21-11-15-23(16-12-21)33-25-7-3-5-9-29(25)35-31-20-32-28(19-27(31)33)34(24-17-13-22(2)14-18-24)26-8-4-6-10-30(26)36-32/h3-20,29,32H,1-2H3/q+2. The summed E-state index contributed by atoms with van der Waals surface area (Å²) in [5.74, 6) is 1.70. The summed E-state index contributed by atoms with van der Waals surface area (Å²) in [6, 6.07) is 25.6. The minimum absolute atomic E-state index is 0.148. The number of hydrogen-bond acceptors (Lipinski definition) is 2. The van der Waals surface area contributed by atoms with E-state index in [4.69, 9.17) is 9.47 Å². The van der Waals surface area contributed by atoms with Crippen molar-refractivity contribution in [3.8, 4) is 5.75 Å². The minimum Gasteiger partial charge on any atom is -0.468 e. The van der Waals surface area contributed by atoms with E-state index in [1.807, 2.05) is 18.2 Å². The summed E-state index contributed by atoms with van der Waals surface area (Å²) < 4.78 is 17.7. The molecule has 2 unspecified atom stereocenters. The first kappa shape index (κ1) is 20.9. The van der Waals surface area contributed by atoms with Crippen LogP contribution in [0.5, 0.6) is 5.75 Å². The number of hydrogen-bond donors (Lipinski definition) is 0. The van der Waals surface area contributed by atoms with E-state index >= 15 is 0 Å². The van der Waals surface area contributed by atoms with Crippen molar-refractivity contribution in [2.75, 3.05) is 0 Å². The molecule has 0 bridgehead atoms. The van der Waals surface area contributed by atoms with Crippen molar-refractivity contribution < 1.29 is 14.0 Å². The quantitative estimate of drug-likeness (QED) is 0.403. The van der Waals surface area contributed by atoms with Crippen molar-refractivity contribution in [3.63, 3.8) is 0 Å². The average Bonchev–Trinajstić information content (AvgIpc) is 2.91. The predicted octanol–water partition coefficient (Wildman–Crippen LogP) is 6.43. The van der Waals surface area contributed by atoms with E-state index in [9.17, 15) is 0 Å². The molecule has 0 spiro atoms. The summed E-state index contributed by atoms with van der Waals surface area (Å²) in [6.07, 6.45) is 12.3. The van der Waals surface area contributed by atoms with Crippen molar-refractivity contribution in [1.82, 2.24) is 4.58 Å². The molecule has 0 saturated carbocycles. The first-order valence-corrected chi connectivity index (χ1v) is 12.3. The van der Waals surface area contributed by atoms with Crippen LogP contribution in [-0.2, 0) is 4.74 Å². The second-order valence-electron chi connectivity index (χ2n) is 9.54. The summed E-state index contributed by atoms with van der Waals surface area (Å²) in [5.41, 5.74) is 8.89. The summed E-state index contributed by atoms with van der Waals surface area (Å²) in [5, 5.41) is 0. The number of fused-ring (bicyclic) bond motifs is 4. The van der Waals surface area contributed by atoms with Gasteiger partial charge in [-0.05, 0) is 26.0 Å². The van der Waals surface area contributed by atoms with Gasteiger partial charge in [-0.2, -0.15) is 9.15 Å². The van der Waals surface area contributed by atoms with E-state index in [2.05, 4.69) is 114 Å². The summed E-state index contributed by atoms with van der Waals surface area (Å²) >= 11 is 0. The van der Waals surface area contributed by atoms with Crippen LogP contribution < -0.4 is 9.31 Å². The first-order valence-electron chi connectivity index (χ1n) is 12.3. The van der Waals surface area contributed by atoms with E-state index in [0.717, 1.165) is 45.7 Å². The monoisotopic (exact) mass is 470 g/mol. The lowest BCUT2D eigenvalue weighted by Crippen LogP contribution is -2.42. The smallest absolute Gasteiger partial charge is 0.260 e. The number of rotatable bonds is 2. The van der Waals surface area contributed by atoms with E-state index in [-0.39, 0.29) is 12.2 Å². The zero-order valence-corrected chi connectivity index (χ0v) is 20.3. The van der Waals surface area contributed by atoms with E-state index < -0.39 is 0 Å². The Balaban J connectivity index is 1.50. The molecule has 0 aromatic heterocycles. The number of benzene rings is 3. The Morgan fingerprint density at radius 2 is 1.36 bits per heavy atom. The van der Waals surface area contributed by atoms with Gasteiger partial charge in [0.15, 0.2) is 11.5 Å². The Kier molecular flexibility index (Phi) is 4.68. The Hall–Kier alpha value is -4.44. The Morgan fingerprint density at radius 3 is 2.11 bits per heavy atom. The van der Waals surface area contributed by atoms with Gasteiger partial charge in [-0.15, -0.1) is 0 Å². The molecule has 0 saturated heterocycles. The third-order valence-corrected chi connectivity index (χ3v) is 7.04. The number of ether oxygens (including phenoxy) is 2. The molecule has 7 rings (SSSR count). The molecule has 0 fully saturated rings. The molecule has 174 valence electrons. The number of aryl methyl sites for hydroxylation is 2. The molecule has 2 atom stereocenters.